The summed E-state index contributed by atoms with van der Waals surface area (Å²) in [5.41, 5.74) is 2.61. The highest BCUT2D eigenvalue weighted by Gasteiger charge is 2.22. The van der Waals surface area contributed by atoms with E-state index >= 15 is 0 Å². The molecule has 1 aromatic carbocycles. The first-order valence-electron chi connectivity index (χ1n) is 12.2. The molecule has 2 saturated heterocycles. The lowest BCUT2D eigenvalue weighted by atomic mass is 9.99. The Bertz CT molecular complexity index is 648. The van der Waals surface area contributed by atoms with Crippen molar-refractivity contribution in [1.29, 1.82) is 0 Å². The number of hydrogen-bond donors (Lipinski definition) is 1. The van der Waals surface area contributed by atoms with Crippen LogP contribution in [0.5, 0.6) is 0 Å². The highest BCUT2D eigenvalue weighted by molar-refractivity contribution is 5.80. The predicted octanol–water partition coefficient (Wildman–Crippen LogP) is 3.91. The van der Waals surface area contributed by atoms with Crippen molar-refractivity contribution in [2.24, 2.45) is 10.9 Å². The first-order chi connectivity index (χ1) is 15.2. The quantitative estimate of drug-likeness (QED) is 0.366. The van der Waals surface area contributed by atoms with E-state index in [-0.39, 0.29) is 0 Å². The fourth-order valence-corrected chi connectivity index (χ4v) is 4.36. The number of nitrogens with zero attached hydrogens (tertiary/aromatic N) is 3. The lowest BCUT2D eigenvalue weighted by molar-refractivity contribution is 0.00990. The number of likely N-dealkylation sites (tertiary alicyclic amines) is 1. The number of methoxy groups -OCH3 is 1. The third-order valence-electron chi connectivity index (χ3n) is 6.42. The molecule has 2 aliphatic rings. The summed E-state index contributed by atoms with van der Waals surface area (Å²) in [5, 5.41) is 3.47. The maximum absolute atomic E-state index is 6.00. The van der Waals surface area contributed by atoms with Crippen LogP contribution in [0.1, 0.15) is 51.5 Å². The van der Waals surface area contributed by atoms with Gasteiger partial charge in [0.2, 0.25) is 0 Å². The molecule has 2 heterocycles. The van der Waals surface area contributed by atoms with Gasteiger partial charge in [0.05, 0.1) is 12.6 Å². The van der Waals surface area contributed by atoms with Crippen LogP contribution in [-0.2, 0) is 16.0 Å². The van der Waals surface area contributed by atoms with E-state index in [1.165, 1.54) is 37.2 Å². The Hall–Kier alpha value is -1.79. The second-order valence-corrected chi connectivity index (χ2v) is 8.91. The third kappa shape index (κ3) is 7.69. The van der Waals surface area contributed by atoms with Gasteiger partial charge in [0.1, 0.15) is 0 Å². The van der Waals surface area contributed by atoms with E-state index in [2.05, 4.69) is 53.2 Å². The molecule has 1 N–H and O–H groups in total. The van der Waals surface area contributed by atoms with Gasteiger partial charge in [0.25, 0.3) is 0 Å². The van der Waals surface area contributed by atoms with Gasteiger partial charge in [-0.25, -0.2) is 4.99 Å². The number of rotatable bonds is 9. The van der Waals surface area contributed by atoms with Gasteiger partial charge >= 0.3 is 0 Å². The molecule has 0 spiro atoms. The van der Waals surface area contributed by atoms with Gasteiger partial charge in [0, 0.05) is 58.7 Å². The molecular formula is C25H42N4O2. The third-order valence-corrected chi connectivity index (χ3v) is 6.42. The van der Waals surface area contributed by atoms with Crippen LogP contribution >= 0.6 is 0 Å². The summed E-state index contributed by atoms with van der Waals surface area (Å²) in [6.45, 7) is 12.0. The van der Waals surface area contributed by atoms with Crippen molar-refractivity contribution >= 4 is 11.6 Å². The molecule has 2 fully saturated rings. The molecule has 0 bridgehead atoms. The van der Waals surface area contributed by atoms with E-state index in [9.17, 15) is 0 Å². The Morgan fingerprint density at radius 1 is 1.03 bits per heavy atom. The lowest BCUT2D eigenvalue weighted by Gasteiger charge is -2.34. The summed E-state index contributed by atoms with van der Waals surface area (Å²) >= 11 is 0. The van der Waals surface area contributed by atoms with Crippen molar-refractivity contribution in [1.82, 2.24) is 10.2 Å². The number of aliphatic imine (C=N–C) groups is 1. The standard InChI is InChI=1S/C25H42N4O2/c1-4-26-25(29-16-12-24(13-17-29)31-19-5-18-30-3)27-20-22-6-8-23(9-7-22)28-14-10-21(2)11-15-28/h6-9,21,24H,4-5,10-20H2,1-3H3,(H,26,27). The van der Waals surface area contributed by atoms with Gasteiger partial charge in [-0.05, 0) is 62.6 Å². The minimum Gasteiger partial charge on any atom is -0.385 e. The van der Waals surface area contributed by atoms with Crippen LogP contribution in [0.2, 0.25) is 0 Å². The van der Waals surface area contributed by atoms with Crippen LogP contribution in [0.15, 0.2) is 29.3 Å². The minimum atomic E-state index is 0.362. The van der Waals surface area contributed by atoms with Gasteiger partial charge in [-0.2, -0.15) is 0 Å². The zero-order chi connectivity index (χ0) is 21.9. The monoisotopic (exact) mass is 430 g/mol. The Balaban J connectivity index is 1.48. The van der Waals surface area contributed by atoms with Crippen LogP contribution in [0.3, 0.4) is 0 Å². The molecule has 0 atom stereocenters. The first-order valence-corrected chi connectivity index (χ1v) is 12.2. The number of hydrogen-bond acceptors (Lipinski definition) is 4. The smallest absolute Gasteiger partial charge is 0.194 e. The van der Waals surface area contributed by atoms with Gasteiger partial charge < -0.3 is 24.6 Å². The van der Waals surface area contributed by atoms with Crippen molar-refractivity contribution in [3.63, 3.8) is 0 Å². The number of benzene rings is 1. The minimum absolute atomic E-state index is 0.362. The van der Waals surface area contributed by atoms with E-state index < -0.39 is 0 Å². The molecule has 3 rings (SSSR count). The Labute approximate surface area is 189 Å². The largest absolute Gasteiger partial charge is 0.385 e. The molecule has 1 aromatic rings. The average Bonchev–Trinajstić information content (AvgIpc) is 2.81. The van der Waals surface area contributed by atoms with Gasteiger partial charge in [-0.1, -0.05) is 19.1 Å². The second-order valence-electron chi connectivity index (χ2n) is 8.91. The summed E-state index contributed by atoms with van der Waals surface area (Å²) in [7, 11) is 1.74. The fraction of sp³-hybridized carbons (Fsp3) is 0.720. The Morgan fingerprint density at radius 2 is 1.74 bits per heavy atom. The normalized spacial score (nSPS) is 19.1. The molecule has 31 heavy (non-hydrogen) atoms. The van der Waals surface area contributed by atoms with Crippen LogP contribution in [0.25, 0.3) is 0 Å². The topological polar surface area (TPSA) is 49.3 Å². The van der Waals surface area contributed by atoms with Gasteiger partial charge in [-0.3, -0.25) is 0 Å². The fourth-order valence-electron chi connectivity index (χ4n) is 4.36. The average molecular weight is 431 g/mol. The van der Waals surface area contributed by atoms with Crippen LogP contribution in [0.4, 0.5) is 5.69 Å². The molecule has 0 unspecified atom stereocenters. The summed E-state index contributed by atoms with van der Waals surface area (Å²) in [4.78, 5) is 9.82. The summed E-state index contributed by atoms with van der Waals surface area (Å²) < 4.78 is 11.1. The number of piperidine rings is 2. The van der Waals surface area contributed by atoms with Crippen molar-refractivity contribution < 1.29 is 9.47 Å². The second kappa shape index (κ2) is 12.9. The van der Waals surface area contributed by atoms with Crippen LogP contribution in [-0.4, -0.2) is 70.0 Å². The zero-order valence-corrected chi connectivity index (χ0v) is 19.8. The van der Waals surface area contributed by atoms with E-state index in [0.717, 1.165) is 64.0 Å². The molecule has 0 aliphatic carbocycles. The van der Waals surface area contributed by atoms with Gasteiger partial charge in [-0.15, -0.1) is 0 Å². The van der Waals surface area contributed by atoms with Crippen molar-refractivity contribution in [2.45, 2.75) is 58.6 Å². The Kier molecular flexibility index (Phi) is 9.94. The first kappa shape index (κ1) is 23.9. The molecule has 2 aliphatic heterocycles. The number of nitrogens with one attached hydrogen (secondary N) is 1. The van der Waals surface area contributed by atoms with Crippen molar-refractivity contribution in [3.8, 4) is 0 Å². The lowest BCUT2D eigenvalue weighted by Crippen LogP contribution is -2.47. The highest BCUT2D eigenvalue weighted by atomic mass is 16.5. The van der Waals surface area contributed by atoms with Crippen molar-refractivity contribution in [2.75, 3.05) is 57.9 Å². The summed E-state index contributed by atoms with van der Waals surface area (Å²) in [6.07, 6.45) is 6.04. The van der Waals surface area contributed by atoms with E-state index in [0.29, 0.717) is 12.6 Å². The SMILES string of the molecule is CCNC(=NCc1ccc(N2CCC(C)CC2)cc1)N1CCC(OCCCOC)CC1. The predicted molar refractivity (Wildman–Crippen MR) is 129 cm³/mol. The molecule has 174 valence electrons. The number of anilines is 1. The van der Waals surface area contributed by atoms with Crippen LogP contribution in [0, 0.1) is 5.92 Å². The number of ether oxygens (including phenoxy) is 2. The molecule has 0 saturated carbocycles. The molecular weight excluding hydrogens is 388 g/mol. The Morgan fingerprint density at radius 3 is 2.39 bits per heavy atom. The van der Waals surface area contributed by atoms with Crippen LogP contribution < -0.4 is 10.2 Å². The summed E-state index contributed by atoms with van der Waals surface area (Å²) in [6, 6.07) is 9.00. The molecule has 6 heteroatoms. The molecule has 0 radical (unpaired) electrons. The van der Waals surface area contributed by atoms with Crippen molar-refractivity contribution in [3.05, 3.63) is 29.8 Å². The maximum Gasteiger partial charge on any atom is 0.194 e. The molecule has 0 aromatic heterocycles. The summed E-state index contributed by atoms with van der Waals surface area (Å²) in [5.74, 6) is 1.89. The number of guanidine groups is 1. The zero-order valence-electron chi connectivity index (χ0n) is 19.8. The molecule has 6 nitrogen and oxygen atoms in total. The maximum atomic E-state index is 6.00. The van der Waals surface area contributed by atoms with Gasteiger partial charge in [0.15, 0.2) is 5.96 Å². The van der Waals surface area contributed by atoms with E-state index in [1.807, 2.05) is 0 Å². The van der Waals surface area contributed by atoms with E-state index in [1.54, 1.807) is 7.11 Å². The highest BCUT2D eigenvalue weighted by Crippen LogP contribution is 2.23. The van der Waals surface area contributed by atoms with E-state index in [4.69, 9.17) is 14.5 Å². The molecule has 0 amide bonds.